The Labute approximate surface area is 177 Å². The molecule has 0 atom stereocenters. The third-order valence-electron chi connectivity index (χ3n) is 5.05. The van der Waals surface area contributed by atoms with Crippen molar-refractivity contribution in [1.82, 2.24) is 0 Å². The van der Waals surface area contributed by atoms with Gasteiger partial charge in [-0.2, -0.15) is 0 Å². The lowest BCUT2D eigenvalue weighted by Crippen LogP contribution is -1.97. The number of unbranched alkanes of at least 4 members (excludes halogenated alkanes) is 13. The maximum Gasteiger partial charge on any atom is 0.245 e. The van der Waals surface area contributed by atoms with Crippen LogP contribution in [0.3, 0.4) is 0 Å². The lowest BCUT2D eigenvalue weighted by atomic mass is 10.0. The summed E-state index contributed by atoms with van der Waals surface area (Å²) in [6.45, 7) is 3.05. The second-order valence-electron chi connectivity index (χ2n) is 7.65. The zero-order valence-corrected chi connectivity index (χ0v) is 18.5. The van der Waals surface area contributed by atoms with E-state index >= 15 is 0 Å². The SMILES string of the molecule is CCCCCCCCCCCCCCCCOc1ccc(C=CC(=O)Cl)cc1. The van der Waals surface area contributed by atoms with Gasteiger partial charge in [0, 0.05) is 0 Å². The van der Waals surface area contributed by atoms with Crippen LogP contribution < -0.4 is 4.74 Å². The Morgan fingerprint density at radius 1 is 0.786 bits per heavy atom. The summed E-state index contributed by atoms with van der Waals surface area (Å²) in [6, 6.07) is 7.72. The summed E-state index contributed by atoms with van der Waals surface area (Å²) in [5.41, 5.74) is 0.942. The number of hydrogen-bond acceptors (Lipinski definition) is 2. The first-order valence-electron chi connectivity index (χ1n) is 11.3. The largest absolute Gasteiger partial charge is 0.494 e. The van der Waals surface area contributed by atoms with Gasteiger partial charge < -0.3 is 4.74 Å². The molecule has 3 heteroatoms. The third kappa shape index (κ3) is 14.7. The van der Waals surface area contributed by atoms with Crippen molar-refractivity contribution in [2.24, 2.45) is 0 Å². The monoisotopic (exact) mass is 406 g/mol. The number of hydrogen-bond donors (Lipinski definition) is 0. The summed E-state index contributed by atoms with van der Waals surface area (Å²) in [5.74, 6) is 0.879. The van der Waals surface area contributed by atoms with E-state index in [0.717, 1.165) is 24.3 Å². The predicted octanol–water partition coefficient (Wildman–Crippen LogP) is 8.33. The minimum absolute atomic E-state index is 0.460. The molecule has 0 bridgehead atoms. The van der Waals surface area contributed by atoms with Gasteiger partial charge in [0.2, 0.25) is 5.24 Å². The summed E-state index contributed by atoms with van der Waals surface area (Å²) in [5, 5.41) is -0.460. The van der Waals surface area contributed by atoms with Crippen LogP contribution in [-0.4, -0.2) is 11.8 Å². The lowest BCUT2D eigenvalue weighted by Gasteiger charge is -2.06. The van der Waals surface area contributed by atoms with Crippen molar-refractivity contribution in [1.29, 1.82) is 0 Å². The first-order valence-corrected chi connectivity index (χ1v) is 11.7. The van der Waals surface area contributed by atoms with Crippen LogP contribution in [0.2, 0.25) is 0 Å². The molecule has 0 aliphatic rings. The topological polar surface area (TPSA) is 26.3 Å². The zero-order valence-electron chi connectivity index (χ0n) is 17.8. The van der Waals surface area contributed by atoms with E-state index in [9.17, 15) is 4.79 Å². The van der Waals surface area contributed by atoms with E-state index in [1.807, 2.05) is 24.3 Å². The number of benzene rings is 1. The quantitative estimate of drug-likeness (QED) is 0.139. The van der Waals surface area contributed by atoms with Crippen molar-refractivity contribution < 1.29 is 9.53 Å². The van der Waals surface area contributed by atoms with E-state index in [2.05, 4.69) is 6.92 Å². The minimum atomic E-state index is -0.460. The van der Waals surface area contributed by atoms with Gasteiger partial charge in [-0.25, -0.2) is 0 Å². The van der Waals surface area contributed by atoms with Gasteiger partial charge in [-0.1, -0.05) is 109 Å². The van der Waals surface area contributed by atoms with E-state index in [1.54, 1.807) is 6.08 Å². The molecule has 1 aromatic carbocycles. The van der Waals surface area contributed by atoms with E-state index in [1.165, 1.54) is 89.5 Å². The van der Waals surface area contributed by atoms with Crippen molar-refractivity contribution in [2.75, 3.05) is 6.61 Å². The number of halogens is 1. The Morgan fingerprint density at radius 2 is 1.25 bits per heavy atom. The summed E-state index contributed by atoms with van der Waals surface area (Å²) < 4.78 is 5.78. The van der Waals surface area contributed by atoms with Crippen LogP contribution in [-0.2, 0) is 4.79 Å². The molecule has 0 saturated carbocycles. The Balaban J connectivity index is 1.88. The predicted molar refractivity (Wildman–Crippen MR) is 122 cm³/mol. The summed E-state index contributed by atoms with van der Waals surface area (Å²) in [4.78, 5) is 10.7. The zero-order chi connectivity index (χ0) is 20.3. The fourth-order valence-corrected chi connectivity index (χ4v) is 3.39. The summed E-state index contributed by atoms with van der Waals surface area (Å²) in [6.07, 6.45) is 22.2. The van der Waals surface area contributed by atoms with Gasteiger partial charge >= 0.3 is 0 Å². The highest BCUT2D eigenvalue weighted by atomic mass is 35.5. The van der Waals surface area contributed by atoms with Gasteiger partial charge in [0.15, 0.2) is 0 Å². The van der Waals surface area contributed by atoms with Crippen LogP contribution in [0.5, 0.6) is 5.75 Å². The molecule has 0 heterocycles. The van der Waals surface area contributed by atoms with Crippen molar-refractivity contribution >= 4 is 22.9 Å². The Hall–Kier alpha value is -1.28. The molecule has 0 aromatic heterocycles. The second-order valence-corrected chi connectivity index (χ2v) is 8.02. The summed E-state index contributed by atoms with van der Waals surface area (Å²) >= 11 is 5.29. The molecule has 0 saturated heterocycles. The average molecular weight is 407 g/mol. The lowest BCUT2D eigenvalue weighted by molar-refractivity contribution is -0.107. The van der Waals surface area contributed by atoms with Crippen LogP contribution >= 0.6 is 11.6 Å². The fraction of sp³-hybridized carbons (Fsp3) is 0.640. The standard InChI is InChI=1S/C25H39ClO2/c1-2-3-4-5-6-7-8-9-10-11-12-13-14-15-22-28-24-19-16-23(17-20-24)18-21-25(26)27/h16-21H,2-15,22H2,1H3. The van der Waals surface area contributed by atoms with Gasteiger partial charge in [-0.15, -0.1) is 0 Å². The van der Waals surface area contributed by atoms with Gasteiger partial charge in [-0.3, -0.25) is 4.79 Å². The average Bonchev–Trinajstić information content (AvgIpc) is 2.70. The van der Waals surface area contributed by atoms with Crippen LogP contribution in [0.1, 0.15) is 102 Å². The molecule has 28 heavy (non-hydrogen) atoms. The van der Waals surface area contributed by atoms with Crippen LogP contribution in [0.25, 0.3) is 6.08 Å². The molecule has 2 nitrogen and oxygen atoms in total. The minimum Gasteiger partial charge on any atom is -0.494 e. The Kier molecular flexibility index (Phi) is 15.7. The van der Waals surface area contributed by atoms with Crippen LogP contribution in [0.15, 0.2) is 30.3 Å². The fourth-order valence-electron chi connectivity index (χ4n) is 3.32. The van der Waals surface area contributed by atoms with Crippen molar-refractivity contribution in [2.45, 2.75) is 96.8 Å². The molecule has 0 aliphatic heterocycles. The molecular weight excluding hydrogens is 368 g/mol. The van der Waals surface area contributed by atoms with Gasteiger partial charge in [0.25, 0.3) is 0 Å². The van der Waals surface area contributed by atoms with E-state index < -0.39 is 5.24 Å². The normalized spacial score (nSPS) is 11.2. The van der Waals surface area contributed by atoms with Gasteiger partial charge in [-0.05, 0) is 41.8 Å². The maximum atomic E-state index is 10.7. The van der Waals surface area contributed by atoms with Gasteiger partial charge in [0.05, 0.1) is 6.61 Å². The number of rotatable bonds is 18. The Morgan fingerprint density at radius 3 is 1.71 bits per heavy atom. The number of carbonyl (C=O) groups excluding carboxylic acids is 1. The molecule has 0 unspecified atom stereocenters. The number of allylic oxidation sites excluding steroid dienone is 1. The van der Waals surface area contributed by atoms with E-state index in [-0.39, 0.29) is 0 Å². The molecule has 1 aromatic rings. The molecule has 158 valence electrons. The van der Waals surface area contributed by atoms with E-state index in [0.29, 0.717) is 0 Å². The Bertz CT molecular complexity index is 522. The highest BCUT2D eigenvalue weighted by molar-refractivity contribution is 6.66. The first-order chi connectivity index (χ1) is 13.7. The molecule has 1 rings (SSSR count). The van der Waals surface area contributed by atoms with Crippen molar-refractivity contribution in [3.63, 3.8) is 0 Å². The van der Waals surface area contributed by atoms with E-state index in [4.69, 9.17) is 16.3 Å². The molecule has 0 fully saturated rings. The van der Waals surface area contributed by atoms with Gasteiger partial charge in [0.1, 0.15) is 5.75 Å². The molecular formula is C25H39ClO2. The maximum absolute atomic E-state index is 10.7. The van der Waals surface area contributed by atoms with Crippen LogP contribution in [0.4, 0.5) is 0 Å². The highest BCUT2D eigenvalue weighted by Crippen LogP contribution is 2.15. The number of carbonyl (C=O) groups is 1. The second kappa shape index (κ2) is 17.8. The highest BCUT2D eigenvalue weighted by Gasteiger charge is 1.97. The van der Waals surface area contributed by atoms with Crippen molar-refractivity contribution in [3.05, 3.63) is 35.9 Å². The first kappa shape index (κ1) is 24.8. The molecule has 0 spiro atoms. The van der Waals surface area contributed by atoms with Crippen molar-refractivity contribution in [3.8, 4) is 5.75 Å². The molecule has 0 N–H and O–H groups in total. The third-order valence-corrected chi connectivity index (χ3v) is 5.18. The summed E-state index contributed by atoms with van der Waals surface area (Å²) in [7, 11) is 0. The molecule has 0 aliphatic carbocycles. The molecule has 0 amide bonds. The number of ether oxygens (including phenoxy) is 1. The smallest absolute Gasteiger partial charge is 0.245 e. The molecule has 0 radical (unpaired) electrons. The van der Waals surface area contributed by atoms with Crippen LogP contribution in [0, 0.1) is 0 Å².